The van der Waals surface area contributed by atoms with Crippen LogP contribution in [0, 0.1) is 6.92 Å². The van der Waals surface area contributed by atoms with Crippen molar-refractivity contribution in [1.82, 2.24) is 15.5 Å². The first-order valence-corrected chi connectivity index (χ1v) is 10.8. The van der Waals surface area contributed by atoms with Gasteiger partial charge in [-0.2, -0.15) is 0 Å². The molecule has 2 aromatic rings. The van der Waals surface area contributed by atoms with E-state index in [9.17, 15) is 19.2 Å². The third-order valence-corrected chi connectivity index (χ3v) is 6.16. The summed E-state index contributed by atoms with van der Waals surface area (Å²) in [4.78, 5) is 50.5. The summed E-state index contributed by atoms with van der Waals surface area (Å²) in [5.41, 5.74) is 3.31. The number of carbonyl (C=O) groups is 4. The molecule has 2 aliphatic rings. The summed E-state index contributed by atoms with van der Waals surface area (Å²) in [6.45, 7) is 2.29. The molecule has 1 fully saturated rings. The zero-order valence-electron chi connectivity index (χ0n) is 18.2. The van der Waals surface area contributed by atoms with E-state index in [0.717, 1.165) is 11.1 Å². The van der Waals surface area contributed by atoms with Crippen LogP contribution in [0.25, 0.3) is 0 Å². The molecule has 0 saturated carbocycles. The van der Waals surface area contributed by atoms with Gasteiger partial charge in [0.05, 0.1) is 12.7 Å². The van der Waals surface area contributed by atoms with Gasteiger partial charge in [-0.3, -0.25) is 19.7 Å². The van der Waals surface area contributed by atoms with Crippen molar-refractivity contribution in [2.45, 2.75) is 38.9 Å². The molecule has 2 aromatic carbocycles. The maximum atomic E-state index is 13.0. The van der Waals surface area contributed by atoms with Crippen molar-refractivity contribution in [1.29, 1.82) is 0 Å². The largest absolute Gasteiger partial charge is 0.496 e. The van der Waals surface area contributed by atoms with E-state index in [1.165, 1.54) is 12.0 Å². The number of anilines is 1. The Bertz CT molecular complexity index is 1170. The SMILES string of the molecule is COc1cc(CNC(=O)Nc2ccc(C)c(Cl)c2)cc2c1C(=O)N(C1CCC(=O)NC1=O)C2. The average molecular weight is 471 g/mol. The van der Waals surface area contributed by atoms with Crippen molar-refractivity contribution in [3.63, 3.8) is 0 Å². The Balaban J connectivity index is 1.46. The van der Waals surface area contributed by atoms with Crippen molar-refractivity contribution < 1.29 is 23.9 Å². The predicted molar refractivity (Wildman–Crippen MR) is 121 cm³/mol. The predicted octanol–water partition coefficient (Wildman–Crippen LogP) is 2.74. The molecule has 2 aliphatic heterocycles. The number of benzene rings is 2. The number of nitrogens with one attached hydrogen (secondary N) is 3. The first kappa shape index (κ1) is 22.6. The average Bonchev–Trinajstić information content (AvgIpc) is 3.10. The molecule has 1 atom stereocenters. The van der Waals surface area contributed by atoms with Gasteiger partial charge in [-0.15, -0.1) is 0 Å². The highest BCUT2D eigenvalue weighted by Crippen LogP contribution is 2.34. The lowest BCUT2D eigenvalue weighted by Crippen LogP contribution is -2.52. The molecule has 33 heavy (non-hydrogen) atoms. The highest BCUT2D eigenvalue weighted by Gasteiger charge is 2.40. The van der Waals surface area contributed by atoms with E-state index in [1.54, 1.807) is 18.2 Å². The lowest BCUT2D eigenvalue weighted by atomic mass is 10.0. The van der Waals surface area contributed by atoms with Gasteiger partial charge in [-0.1, -0.05) is 23.7 Å². The number of hydrogen-bond donors (Lipinski definition) is 3. The zero-order valence-corrected chi connectivity index (χ0v) is 18.9. The second kappa shape index (κ2) is 9.11. The van der Waals surface area contributed by atoms with E-state index in [4.69, 9.17) is 16.3 Å². The van der Waals surface area contributed by atoms with Gasteiger partial charge < -0.3 is 20.3 Å². The summed E-state index contributed by atoms with van der Waals surface area (Å²) < 4.78 is 5.43. The van der Waals surface area contributed by atoms with Crippen molar-refractivity contribution in [3.05, 3.63) is 57.6 Å². The minimum atomic E-state index is -0.707. The topological polar surface area (TPSA) is 117 Å². The monoisotopic (exact) mass is 470 g/mol. The Hall–Kier alpha value is -3.59. The summed E-state index contributed by atoms with van der Waals surface area (Å²) in [5, 5.41) is 8.34. The van der Waals surface area contributed by atoms with Crippen LogP contribution in [0.2, 0.25) is 5.02 Å². The van der Waals surface area contributed by atoms with E-state index < -0.39 is 18.0 Å². The van der Waals surface area contributed by atoms with Gasteiger partial charge >= 0.3 is 6.03 Å². The van der Waals surface area contributed by atoms with Crippen LogP contribution < -0.4 is 20.7 Å². The van der Waals surface area contributed by atoms with Gasteiger partial charge in [0.2, 0.25) is 11.8 Å². The lowest BCUT2D eigenvalue weighted by Gasteiger charge is -2.29. The fraction of sp³-hybridized carbons (Fsp3) is 0.304. The first-order valence-electron chi connectivity index (χ1n) is 10.4. The minimum Gasteiger partial charge on any atom is -0.496 e. The molecule has 4 rings (SSSR count). The standard InChI is InChI=1S/C23H23ClN4O5/c1-12-3-4-15(9-16(12)24)26-23(32)25-10-13-7-14-11-28(17-5-6-19(29)27-21(17)30)22(31)20(14)18(8-13)33-2/h3-4,7-9,17H,5-6,10-11H2,1-2H3,(H2,25,26,32)(H,27,29,30). The summed E-state index contributed by atoms with van der Waals surface area (Å²) in [6, 6.07) is 7.63. The molecule has 1 unspecified atom stereocenters. The maximum Gasteiger partial charge on any atom is 0.319 e. The molecule has 9 nitrogen and oxygen atoms in total. The molecule has 0 radical (unpaired) electrons. The van der Waals surface area contributed by atoms with Crippen LogP contribution in [0.5, 0.6) is 5.75 Å². The minimum absolute atomic E-state index is 0.185. The summed E-state index contributed by atoms with van der Waals surface area (Å²) >= 11 is 6.09. The number of halogens is 1. The number of nitrogens with zero attached hydrogens (tertiary/aromatic N) is 1. The second-order valence-electron chi connectivity index (χ2n) is 8.00. The Kier molecular flexibility index (Phi) is 6.24. The molecule has 0 spiro atoms. The van der Waals surface area contributed by atoms with Gasteiger partial charge in [0.1, 0.15) is 11.8 Å². The van der Waals surface area contributed by atoms with Crippen molar-refractivity contribution in [2.24, 2.45) is 0 Å². The summed E-state index contributed by atoms with van der Waals surface area (Å²) in [6.07, 6.45) is 0.467. The molecule has 10 heteroatoms. The van der Waals surface area contributed by atoms with Crippen LogP contribution in [0.3, 0.4) is 0 Å². The summed E-state index contributed by atoms with van der Waals surface area (Å²) in [7, 11) is 1.46. The highest BCUT2D eigenvalue weighted by molar-refractivity contribution is 6.31. The van der Waals surface area contributed by atoms with E-state index in [2.05, 4.69) is 16.0 Å². The molecule has 3 N–H and O–H groups in total. The summed E-state index contributed by atoms with van der Waals surface area (Å²) in [5.74, 6) is -0.752. The van der Waals surface area contributed by atoms with E-state index >= 15 is 0 Å². The number of methoxy groups -OCH3 is 1. The quantitative estimate of drug-likeness (QED) is 0.581. The van der Waals surface area contributed by atoms with Gasteiger partial charge in [0.15, 0.2) is 0 Å². The second-order valence-corrected chi connectivity index (χ2v) is 8.41. The van der Waals surface area contributed by atoms with E-state index in [0.29, 0.717) is 27.6 Å². The Labute approximate surface area is 195 Å². The molecular weight excluding hydrogens is 448 g/mol. The molecule has 0 aromatic heterocycles. The van der Waals surface area contributed by atoms with Crippen LogP contribution in [-0.2, 0) is 22.7 Å². The lowest BCUT2D eigenvalue weighted by molar-refractivity contribution is -0.136. The third-order valence-electron chi connectivity index (χ3n) is 5.75. The fourth-order valence-electron chi connectivity index (χ4n) is 4.03. The number of hydrogen-bond acceptors (Lipinski definition) is 5. The maximum absolute atomic E-state index is 13.0. The number of aryl methyl sites for hydroxylation is 1. The molecule has 0 bridgehead atoms. The Morgan fingerprint density at radius 3 is 2.73 bits per heavy atom. The number of piperidine rings is 1. The molecule has 2 heterocycles. The van der Waals surface area contributed by atoms with E-state index in [-0.39, 0.29) is 37.7 Å². The zero-order chi connectivity index (χ0) is 23.7. The number of ether oxygens (including phenoxy) is 1. The molecule has 0 aliphatic carbocycles. The molecule has 1 saturated heterocycles. The van der Waals surface area contributed by atoms with Gasteiger partial charge in [-0.05, 0) is 48.2 Å². The number of rotatable bonds is 5. The smallest absolute Gasteiger partial charge is 0.319 e. The third kappa shape index (κ3) is 4.63. The number of urea groups is 1. The Morgan fingerprint density at radius 2 is 2.03 bits per heavy atom. The number of imide groups is 1. The van der Waals surface area contributed by atoms with E-state index in [1.807, 2.05) is 19.1 Å². The number of carbonyl (C=O) groups excluding carboxylic acids is 4. The van der Waals surface area contributed by atoms with Gasteiger partial charge in [0, 0.05) is 30.2 Å². The van der Waals surface area contributed by atoms with Crippen LogP contribution in [0.15, 0.2) is 30.3 Å². The number of fused-ring (bicyclic) bond motifs is 1. The Morgan fingerprint density at radius 1 is 1.24 bits per heavy atom. The molecule has 5 amide bonds. The molecular formula is C23H23ClN4O5. The molecule has 172 valence electrons. The normalized spacial score (nSPS) is 17.5. The van der Waals surface area contributed by atoms with Crippen LogP contribution in [0.1, 0.15) is 39.9 Å². The van der Waals surface area contributed by atoms with Crippen LogP contribution in [-0.4, -0.2) is 41.8 Å². The fourth-order valence-corrected chi connectivity index (χ4v) is 4.21. The number of amides is 5. The van der Waals surface area contributed by atoms with Crippen molar-refractivity contribution >= 4 is 41.0 Å². The highest BCUT2D eigenvalue weighted by atomic mass is 35.5. The van der Waals surface area contributed by atoms with Crippen LogP contribution >= 0.6 is 11.6 Å². The van der Waals surface area contributed by atoms with Crippen molar-refractivity contribution in [3.8, 4) is 5.75 Å². The first-order chi connectivity index (χ1) is 15.8. The van der Waals surface area contributed by atoms with Crippen molar-refractivity contribution in [2.75, 3.05) is 12.4 Å². The van der Waals surface area contributed by atoms with Gasteiger partial charge in [0.25, 0.3) is 5.91 Å². The van der Waals surface area contributed by atoms with Crippen LogP contribution in [0.4, 0.5) is 10.5 Å². The van der Waals surface area contributed by atoms with Gasteiger partial charge in [-0.25, -0.2) is 4.79 Å².